The number of anilines is 1. The lowest BCUT2D eigenvalue weighted by Crippen LogP contribution is -2.19. The molecule has 2 aromatic heterocycles. The van der Waals surface area contributed by atoms with E-state index in [1.165, 1.54) is 10.2 Å². The maximum atomic E-state index is 13.0. The van der Waals surface area contributed by atoms with E-state index in [4.69, 9.17) is 15.1 Å². The maximum Gasteiger partial charge on any atom is 0.294 e. The minimum absolute atomic E-state index is 0.00179. The zero-order valence-electron chi connectivity index (χ0n) is 19.0. The van der Waals surface area contributed by atoms with Crippen LogP contribution in [0.2, 0.25) is 0 Å². The van der Waals surface area contributed by atoms with E-state index in [1.807, 2.05) is 37.3 Å². The van der Waals surface area contributed by atoms with Gasteiger partial charge in [-0.05, 0) is 46.4 Å². The molecule has 0 radical (unpaired) electrons. The zero-order valence-corrected chi connectivity index (χ0v) is 19.0. The average molecular weight is 460 g/mol. The summed E-state index contributed by atoms with van der Waals surface area (Å²) in [6.45, 7) is 6.62. The van der Waals surface area contributed by atoms with Crippen LogP contribution in [0.5, 0.6) is 5.75 Å². The van der Waals surface area contributed by atoms with Gasteiger partial charge in [0.15, 0.2) is 5.69 Å². The lowest BCUT2D eigenvalue weighted by molar-refractivity contribution is 0.0950. The first-order valence-corrected chi connectivity index (χ1v) is 10.7. The molecule has 0 spiro atoms. The van der Waals surface area contributed by atoms with Gasteiger partial charge in [0.05, 0.1) is 12.8 Å². The van der Waals surface area contributed by atoms with Crippen LogP contribution in [0.3, 0.4) is 0 Å². The Morgan fingerprint density at radius 1 is 1.24 bits per heavy atom. The van der Waals surface area contributed by atoms with Gasteiger partial charge >= 0.3 is 0 Å². The van der Waals surface area contributed by atoms with E-state index < -0.39 is 5.91 Å². The van der Waals surface area contributed by atoms with Crippen molar-refractivity contribution < 1.29 is 14.2 Å². The molecular formula is C23H24N8O3. The number of hydrogen-bond acceptors (Lipinski definition) is 9. The first kappa shape index (κ1) is 22.6. The predicted molar refractivity (Wildman–Crippen MR) is 126 cm³/mol. The molecule has 0 bridgehead atoms. The van der Waals surface area contributed by atoms with Crippen LogP contribution in [0.4, 0.5) is 5.82 Å². The summed E-state index contributed by atoms with van der Waals surface area (Å²) in [6.07, 6.45) is 1.56. The SMILES string of the molecule is CCOc1cccc(-c2c(C(=O)N/N=C/c3ccc(C(C)C)cc3)nnn2-c2nonc2N)c1. The van der Waals surface area contributed by atoms with Crippen LogP contribution in [0.25, 0.3) is 17.1 Å². The highest BCUT2D eigenvalue weighted by atomic mass is 16.6. The van der Waals surface area contributed by atoms with Crippen molar-refractivity contribution in [2.24, 2.45) is 5.10 Å². The van der Waals surface area contributed by atoms with Gasteiger partial charge in [0, 0.05) is 5.56 Å². The molecule has 34 heavy (non-hydrogen) atoms. The molecule has 0 saturated heterocycles. The van der Waals surface area contributed by atoms with Crippen molar-refractivity contribution >= 4 is 17.9 Å². The third kappa shape index (κ3) is 4.77. The van der Waals surface area contributed by atoms with Crippen molar-refractivity contribution in [3.63, 3.8) is 0 Å². The molecule has 4 aromatic rings. The second-order valence-corrected chi connectivity index (χ2v) is 7.65. The molecule has 11 nitrogen and oxygen atoms in total. The van der Waals surface area contributed by atoms with Gasteiger partial charge in [0.25, 0.3) is 5.91 Å². The third-order valence-electron chi connectivity index (χ3n) is 4.98. The second kappa shape index (κ2) is 9.94. The summed E-state index contributed by atoms with van der Waals surface area (Å²) in [5.74, 6) is 0.599. The monoisotopic (exact) mass is 460 g/mol. The number of nitrogens with two attached hydrogens (primary N) is 1. The Bertz CT molecular complexity index is 1310. The van der Waals surface area contributed by atoms with Crippen molar-refractivity contribution in [2.75, 3.05) is 12.3 Å². The summed E-state index contributed by atoms with van der Waals surface area (Å²) >= 11 is 0. The Morgan fingerprint density at radius 3 is 2.71 bits per heavy atom. The number of benzene rings is 2. The number of nitrogens with zero attached hydrogens (tertiary/aromatic N) is 6. The molecule has 0 unspecified atom stereocenters. The topological polar surface area (TPSA) is 146 Å². The van der Waals surface area contributed by atoms with Crippen LogP contribution in [0.1, 0.15) is 48.3 Å². The Morgan fingerprint density at radius 2 is 2.03 bits per heavy atom. The Labute approximate surface area is 195 Å². The minimum Gasteiger partial charge on any atom is -0.494 e. The molecule has 0 saturated carbocycles. The van der Waals surface area contributed by atoms with Crippen molar-refractivity contribution in [1.82, 2.24) is 30.7 Å². The maximum absolute atomic E-state index is 13.0. The Kier molecular flexibility index (Phi) is 6.62. The fraction of sp³-hybridized carbons (Fsp3) is 0.217. The van der Waals surface area contributed by atoms with Crippen molar-refractivity contribution in [2.45, 2.75) is 26.7 Å². The highest BCUT2D eigenvalue weighted by Crippen LogP contribution is 2.29. The number of aromatic nitrogens is 5. The molecule has 0 atom stereocenters. The van der Waals surface area contributed by atoms with Gasteiger partial charge in [-0.15, -0.1) is 5.10 Å². The van der Waals surface area contributed by atoms with Crippen LogP contribution in [-0.2, 0) is 0 Å². The summed E-state index contributed by atoms with van der Waals surface area (Å²) in [6, 6.07) is 15.1. The average Bonchev–Trinajstić information content (AvgIpc) is 3.45. The molecule has 1 amide bonds. The number of ether oxygens (including phenoxy) is 1. The van der Waals surface area contributed by atoms with E-state index >= 15 is 0 Å². The standard InChI is InChI=1S/C23H24N8O3/c1-4-33-18-7-5-6-17(12-18)20-19(26-30-31(20)22-21(24)28-34-29-22)23(32)27-25-13-15-8-10-16(11-9-15)14(2)3/h5-14H,4H2,1-3H3,(H2,24,28)(H,27,32)/b25-13+. The van der Waals surface area contributed by atoms with Crippen molar-refractivity contribution in [1.29, 1.82) is 0 Å². The molecule has 4 rings (SSSR count). The Hall–Kier alpha value is -4.54. The fourth-order valence-electron chi connectivity index (χ4n) is 3.27. The van der Waals surface area contributed by atoms with Gasteiger partial charge in [0.2, 0.25) is 11.6 Å². The van der Waals surface area contributed by atoms with E-state index in [0.29, 0.717) is 29.5 Å². The fourth-order valence-corrected chi connectivity index (χ4v) is 3.27. The summed E-state index contributed by atoms with van der Waals surface area (Å²) in [7, 11) is 0. The van der Waals surface area contributed by atoms with Crippen LogP contribution < -0.4 is 15.9 Å². The highest BCUT2D eigenvalue weighted by molar-refractivity contribution is 5.99. The summed E-state index contributed by atoms with van der Waals surface area (Å²) < 4.78 is 11.6. The second-order valence-electron chi connectivity index (χ2n) is 7.65. The molecule has 11 heteroatoms. The number of carbonyl (C=O) groups is 1. The molecule has 3 N–H and O–H groups in total. The molecular weight excluding hydrogens is 436 g/mol. The minimum atomic E-state index is -0.562. The largest absolute Gasteiger partial charge is 0.494 e. The van der Waals surface area contributed by atoms with Gasteiger partial charge in [-0.1, -0.05) is 55.5 Å². The quantitative estimate of drug-likeness (QED) is 0.301. The number of nitrogen functional groups attached to an aromatic ring is 1. The van der Waals surface area contributed by atoms with Gasteiger partial charge in [-0.25, -0.2) is 10.1 Å². The smallest absolute Gasteiger partial charge is 0.294 e. The van der Waals surface area contributed by atoms with Crippen LogP contribution in [0.15, 0.2) is 58.3 Å². The number of carbonyl (C=O) groups excluding carboxylic acids is 1. The summed E-state index contributed by atoms with van der Waals surface area (Å²) in [4.78, 5) is 13.0. The van der Waals surface area contributed by atoms with Gasteiger partial charge in [-0.3, -0.25) is 4.79 Å². The van der Waals surface area contributed by atoms with E-state index in [2.05, 4.69) is 45.0 Å². The van der Waals surface area contributed by atoms with Gasteiger partial charge < -0.3 is 10.5 Å². The molecule has 2 heterocycles. The summed E-state index contributed by atoms with van der Waals surface area (Å²) in [5.41, 5.74) is 11.4. The number of rotatable bonds is 8. The predicted octanol–water partition coefficient (Wildman–Crippen LogP) is 3.19. The number of hydrazone groups is 1. The van der Waals surface area contributed by atoms with Crippen LogP contribution >= 0.6 is 0 Å². The van der Waals surface area contributed by atoms with Crippen LogP contribution in [-0.4, -0.2) is 44.0 Å². The lowest BCUT2D eigenvalue weighted by Gasteiger charge is -2.08. The summed E-state index contributed by atoms with van der Waals surface area (Å²) in [5, 5.41) is 19.5. The van der Waals surface area contributed by atoms with E-state index in [1.54, 1.807) is 24.4 Å². The first-order valence-electron chi connectivity index (χ1n) is 10.7. The first-order chi connectivity index (χ1) is 16.5. The lowest BCUT2D eigenvalue weighted by atomic mass is 10.0. The molecule has 174 valence electrons. The van der Waals surface area contributed by atoms with E-state index in [-0.39, 0.29) is 17.3 Å². The van der Waals surface area contributed by atoms with Gasteiger partial charge in [0.1, 0.15) is 11.4 Å². The number of amides is 1. The molecule has 0 aliphatic heterocycles. The van der Waals surface area contributed by atoms with E-state index in [0.717, 1.165) is 5.56 Å². The normalized spacial score (nSPS) is 11.3. The highest BCUT2D eigenvalue weighted by Gasteiger charge is 2.25. The number of hydrogen-bond donors (Lipinski definition) is 2. The number of nitrogens with one attached hydrogen (secondary N) is 1. The molecule has 0 aliphatic rings. The van der Waals surface area contributed by atoms with Crippen molar-refractivity contribution in [3.05, 3.63) is 65.4 Å². The molecule has 2 aromatic carbocycles. The van der Waals surface area contributed by atoms with Crippen LogP contribution in [0, 0.1) is 0 Å². The molecule has 0 aliphatic carbocycles. The third-order valence-corrected chi connectivity index (χ3v) is 4.98. The zero-order chi connectivity index (χ0) is 24.1. The van der Waals surface area contributed by atoms with Gasteiger partial charge in [-0.2, -0.15) is 9.78 Å². The Balaban J connectivity index is 1.65. The van der Waals surface area contributed by atoms with Crippen molar-refractivity contribution in [3.8, 4) is 22.8 Å². The molecule has 0 fully saturated rings. The van der Waals surface area contributed by atoms with E-state index in [9.17, 15) is 4.79 Å².